The van der Waals surface area contributed by atoms with E-state index in [-0.39, 0.29) is 5.78 Å². The highest BCUT2D eigenvalue weighted by molar-refractivity contribution is 5.97. The first-order chi connectivity index (χ1) is 12.6. The summed E-state index contributed by atoms with van der Waals surface area (Å²) in [5.74, 6) is 1.08. The maximum absolute atomic E-state index is 12.4. The summed E-state index contributed by atoms with van der Waals surface area (Å²) >= 11 is 0. The van der Waals surface area contributed by atoms with Gasteiger partial charge in [0.15, 0.2) is 5.78 Å². The van der Waals surface area contributed by atoms with E-state index in [0.29, 0.717) is 18.6 Å². The fourth-order valence-corrected chi connectivity index (χ4v) is 4.28. The zero-order valence-corrected chi connectivity index (χ0v) is 16.5. The predicted octanol–water partition coefficient (Wildman–Crippen LogP) is 4.00. The molecule has 1 aromatic rings. The van der Waals surface area contributed by atoms with Crippen LogP contribution in [0.5, 0.6) is 5.75 Å². The lowest BCUT2D eigenvalue weighted by atomic mass is 10.1. The Hall–Kier alpha value is -1.39. The highest BCUT2D eigenvalue weighted by Gasteiger charge is 2.26. The standard InChI is InChI=1S/C22H34N2O2/c1-18-7-8-19(2)24(18)15-6-16-26-21-11-9-20(10-12-21)22(25)17-23-13-4-3-5-14-23/h9-12,18-19H,3-8,13-17H2,1-2H3. The highest BCUT2D eigenvalue weighted by atomic mass is 16.5. The minimum absolute atomic E-state index is 0.218. The number of hydrogen-bond acceptors (Lipinski definition) is 4. The summed E-state index contributed by atoms with van der Waals surface area (Å²) in [6.07, 6.45) is 7.41. The second-order valence-electron chi connectivity index (χ2n) is 8.00. The number of piperidine rings is 1. The minimum Gasteiger partial charge on any atom is -0.494 e. The number of ether oxygens (including phenoxy) is 1. The molecule has 144 valence electrons. The van der Waals surface area contributed by atoms with Gasteiger partial charge in [-0.15, -0.1) is 0 Å². The van der Waals surface area contributed by atoms with Gasteiger partial charge in [0.2, 0.25) is 0 Å². The molecular weight excluding hydrogens is 324 g/mol. The Morgan fingerprint density at radius 1 is 1.04 bits per heavy atom. The van der Waals surface area contributed by atoms with Gasteiger partial charge in [0, 0.05) is 24.2 Å². The summed E-state index contributed by atoms with van der Waals surface area (Å²) in [4.78, 5) is 17.3. The molecule has 0 saturated carbocycles. The van der Waals surface area contributed by atoms with E-state index in [9.17, 15) is 4.79 Å². The van der Waals surface area contributed by atoms with Crippen molar-refractivity contribution >= 4 is 5.78 Å². The van der Waals surface area contributed by atoms with Gasteiger partial charge in [0.25, 0.3) is 0 Å². The van der Waals surface area contributed by atoms with E-state index < -0.39 is 0 Å². The van der Waals surface area contributed by atoms with Gasteiger partial charge in [-0.2, -0.15) is 0 Å². The van der Waals surface area contributed by atoms with Gasteiger partial charge in [-0.1, -0.05) is 6.42 Å². The van der Waals surface area contributed by atoms with E-state index in [2.05, 4.69) is 23.6 Å². The number of nitrogens with zero attached hydrogens (tertiary/aromatic N) is 2. The first kappa shape index (κ1) is 19.4. The second-order valence-corrected chi connectivity index (χ2v) is 8.00. The second kappa shape index (κ2) is 9.52. The normalized spacial score (nSPS) is 24.7. The third-order valence-electron chi connectivity index (χ3n) is 5.96. The summed E-state index contributed by atoms with van der Waals surface area (Å²) in [5.41, 5.74) is 0.794. The molecule has 0 bridgehead atoms. The molecule has 2 aliphatic rings. The third-order valence-corrected chi connectivity index (χ3v) is 5.96. The summed E-state index contributed by atoms with van der Waals surface area (Å²) < 4.78 is 5.87. The Morgan fingerprint density at radius 2 is 1.69 bits per heavy atom. The molecule has 1 aromatic carbocycles. The smallest absolute Gasteiger partial charge is 0.176 e. The maximum Gasteiger partial charge on any atom is 0.176 e. The monoisotopic (exact) mass is 358 g/mol. The molecule has 2 heterocycles. The van der Waals surface area contributed by atoms with E-state index in [1.807, 2.05) is 24.3 Å². The Balaban J connectivity index is 1.39. The molecule has 0 N–H and O–H groups in total. The van der Waals surface area contributed by atoms with Gasteiger partial charge >= 0.3 is 0 Å². The van der Waals surface area contributed by atoms with Gasteiger partial charge in [0.05, 0.1) is 13.2 Å². The van der Waals surface area contributed by atoms with Crippen molar-refractivity contribution in [1.29, 1.82) is 0 Å². The number of carbonyl (C=O) groups is 1. The molecule has 0 amide bonds. The molecule has 4 nitrogen and oxygen atoms in total. The zero-order valence-electron chi connectivity index (χ0n) is 16.5. The highest BCUT2D eigenvalue weighted by Crippen LogP contribution is 2.23. The average molecular weight is 359 g/mol. The molecule has 0 spiro atoms. The third kappa shape index (κ3) is 5.31. The predicted molar refractivity (Wildman–Crippen MR) is 106 cm³/mol. The molecule has 2 saturated heterocycles. The van der Waals surface area contributed by atoms with Crippen LogP contribution in [0.2, 0.25) is 0 Å². The van der Waals surface area contributed by atoms with E-state index in [1.165, 1.54) is 32.1 Å². The van der Waals surface area contributed by atoms with Gasteiger partial charge in [-0.25, -0.2) is 0 Å². The van der Waals surface area contributed by atoms with Crippen LogP contribution in [-0.2, 0) is 0 Å². The molecule has 4 heteroatoms. The largest absolute Gasteiger partial charge is 0.494 e. The molecule has 2 unspecified atom stereocenters. The van der Waals surface area contributed by atoms with Crippen molar-refractivity contribution < 1.29 is 9.53 Å². The van der Waals surface area contributed by atoms with Crippen LogP contribution in [0.3, 0.4) is 0 Å². The van der Waals surface area contributed by atoms with E-state index in [1.54, 1.807) is 0 Å². The number of Topliss-reactive ketones (excluding diaryl/α,β-unsaturated/α-hetero) is 1. The van der Waals surface area contributed by atoms with Gasteiger partial charge < -0.3 is 4.74 Å². The molecule has 0 radical (unpaired) electrons. The molecule has 2 fully saturated rings. The fourth-order valence-electron chi connectivity index (χ4n) is 4.28. The van der Waals surface area contributed by atoms with Crippen molar-refractivity contribution in [2.45, 2.75) is 64.5 Å². The Morgan fingerprint density at radius 3 is 2.35 bits per heavy atom. The molecule has 3 rings (SSSR count). The van der Waals surface area contributed by atoms with Crippen LogP contribution in [0, 0.1) is 0 Å². The summed E-state index contributed by atoms with van der Waals surface area (Å²) in [5, 5.41) is 0. The van der Waals surface area contributed by atoms with Crippen molar-refractivity contribution in [3.05, 3.63) is 29.8 Å². The van der Waals surface area contributed by atoms with Crippen LogP contribution in [-0.4, -0.2) is 60.5 Å². The van der Waals surface area contributed by atoms with Crippen molar-refractivity contribution in [2.75, 3.05) is 32.8 Å². The topological polar surface area (TPSA) is 32.8 Å². The minimum atomic E-state index is 0.218. The van der Waals surface area contributed by atoms with Gasteiger partial charge in [0.1, 0.15) is 5.75 Å². The number of rotatable bonds is 8. The number of carbonyl (C=O) groups excluding carboxylic acids is 1. The zero-order chi connectivity index (χ0) is 18.4. The van der Waals surface area contributed by atoms with Gasteiger partial charge in [-0.3, -0.25) is 14.6 Å². The van der Waals surface area contributed by atoms with Crippen LogP contribution in [0.15, 0.2) is 24.3 Å². The lowest BCUT2D eigenvalue weighted by Gasteiger charge is -2.25. The average Bonchev–Trinajstić information content (AvgIpc) is 2.98. The first-order valence-electron chi connectivity index (χ1n) is 10.4. The Labute approximate surface area is 158 Å². The van der Waals surface area contributed by atoms with Crippen LogP contribution >= 0.6 is 0 Å². The summed E-state index contributed by atoms with van der Waals surface area (Å²) in [6.45, 7) is 9.15. The van der Waals surface area contributed by atoms with Crippen molar-refractivity contribution in [2.24, 2.45) is 0 Å². The molecule has 0 aromatic heterocycles. The van der Waals surface area contributed by atoms with E-state index >= 15 is 0 Å². The van der Waals surface area contributed by atoms with Crippen molar-refractivity contribution in [3.63, 3.8) is 0 Å². The maximum atomic E-state index is 12.4. The first-order valence-corrected chi connectivity index (χ1v) is 10.4. The molecule has 26 heavy (non-hydrogen) atoms. The van der Waals surface area contributed by atoms with Gasteiger partial charge in [-0.05, 0) is 83.3 Å². The summed E-state index contributed by atoms with van der Waals surface area (Å²) in [7, 11) is 0. The SMILES string of the molecule is CC1CCC(C)N1CCCOc1ccc(C(=O)CN2CCCCC2)cc1. The number of likely N-dealkylation sites (tertiary alicyclic amines) is 2. The van der Waals surface area contributed by atoms with Crippen LogP contribution in [0.25, 0.3) is 0 Å². The van der Waals surface area contributed by atoms with Crippen LogP contribution in [0.4, 0.5) is 0 Å². The molecule has 2 aliphatic heterocycles. The Bertz CT molecular complexity index is 556. The molecular formula is C22H34N2O2. The quantitative estimate of drug-likeness (QED) is 0.519. The van der Waals surface area contributed by atoms with E-state index in [0.717, 1.165) is 44.0 Å². The number of hydrogen-bond donors (Lipinski definition) is 0. The fraction of sp³-hybridized carbons (Fsp3) is 0.682. The lowest BCUT2D eigenvalue weighted by Crippen LogP contribution is -2.34. The van der Waals surface area contributed by atoms with Crippen LogP contribution in [0.1, 0.15) is 62.7 Å². The van der Waals surface area contributed by atoms with E-state index in [4.69, 9.17) is 4.74 Å². The van der Waals surface area contributed by atoms with Crippen molar-refractivity contribution in [1.82, 2.24) is 9.80 Å². The number of benzene rings is 1. The number of ketones is 1. The van der Waals surface area contributed by atoms with Crippen LogP contribution < -0.4 is 4.74 Å². The molecule has 2 atom stereocenters. The molecule has 0 aliphatic carbocycles. The Kier molecular flexibility index (Phi) is 7.09. The van der Waals surface area contributed by atoms with Crippen molar-refractivity contribution in [3.8, 4) is 5.75 Å². The lowest BCUT2D eigenvalue weighted by molar-refractivity contribution is 0.0915. The summed E-state index contributed by atoms with van der Waals surface area (Å²) in [6, 6.07) is 9.10.